The summed E-state index contributed by atoms with van der Waals surface area (Å²) in [7, 11) is 0. The van der Waals surface area contributed by atoms with Crippen LogP contribution in [0.1, 0.15) is 65.2 Å². The Balaban J connectivity index is 3.04. The van der Waals surface area contributed by atoms with Gasteiger partial charge < -0.3 is 0 Å². The number of unbranched alkanes of at least 4 members (excludes halogenated alkanes) is 4. The molecule has 0 aliphatic heterocycles. The number of hydrogen-bond donors (Lipinski definition) is 0. The molecule has 12 heavy (non-hydrogen) atoms. The average molecular weight is 235 g/mol. The highest BCUT2D eigenvalue weighted by molar-refractivity contribution is 9.09. The van der Waals surface area contributed by atoms with E-state index in [2.05, 4.69) is 29.8 Å². The summed E-state index contributed by atoms with van der Waals surface area (Å²) < 4.78 is 0. The van der Waals surface area contributed by atoms with E-state index in [0.717, 1.165) is 4.83 Å². The maximum atomic E-state index is 3.74. The van der Waals surface area contributed by atoms with Gasteiger partial charge in [-0.3, -0.25) is 0 Å². The number of rotatable bonds is 8. The molecule has 0 aromatic heterocycles. The van der Waals surface area contributed by atoms with Crippen molar-refractivity contribution in [2.24, 2.45) is 0 Å². The second kappa shape index (κ2) is 9.57. The van der Waals surface area contributed by atoms with Crippen molar-refractivity contribution in [3.63, 3.8) is 0 Å². The minimum Gasteiger partial charge on any atom is -0.0891 e. The van der Waals surface area contributed by atoms with Crippen LogP contribution < -0.4 is 0 Å². The van der Waals surface area contributed by atoms with Crippen LogP contribution in [-0.2, 0) is 0 Å². The number of halogens is 1. The van der Waals surface area contributed by atoms with E-state index >= 15 is 0 Å². The quantitative estimate of drug-likeness (QED) is 0.414. The van der Waals surface area contributed by atoms with Crippen molar-refractivity contribution in [3.05, 3.63) is 0 Å². The fraction of sp³-hybridized carbons (Fsp3) is 1.00. The molecule has 0 amide bonds. The van der Waals surface area contributed by atoms with Gasteiger partial charge in [0.25, 0.3) is 0 Å². The Bertz CT molecular complexity index is 71.1. The smallest absolute Gasteiger partial charge is 0.0145 e. The molecule has 0 aromatic rings. The molecule has 0 saturated heterocycles. The second-order valence-electron chi connectivity index (χ2n) is 3.59. The van der Waals surface area contributed by atoms with Gasteiger partial charge in [-0.15, -0.1) is 0 Å². The van der Waals surface area contributed by atoms with Gasteiger partial charge in [0.05, 0.1) is 0 Å². The summed E-state index contributed by atoms with van der Waals surface area (Å²) in [5, 5.41) is 0. The SMILES string of the molecule is CCCCCC(Br)CCCCC. The molecular formula is C11H23Br. The van der Waals surface area contributed by atoms with Crippen LogP contribution in [0.4, 0.5) is 0 Å². The molecule has 0 spiro atoms. The second-order valence-corrected chi connectivity index (χ2v) is 4.88. The molecular weight excluding hydrogens is 212 g/mol. The Morgan fingerprint density at radius 1 is 0.833 bits per heavy atom. The summed E-state index contributed by atoms with van der Waals surface area (Å²) in [6.45, 7) is 4.53. The van der Waals surface area contributed by atoms with Gasteiger partial charge in [-0.25, -0.2) is 0 Å². The van der Waals surface area contributed by atoms with Crippen molar-refractivity contribution in [2.45, 2.75) is 70.0 Å². The first-order chi connectivity index (χ1) is 5.81. The van der Waals surface area contributed by atoms with Crippen LogP contribution in [0.25, 0.3) is 0 Å². The molecule has 0 nitrogen and oxygen atoms in total. The van der Waals surface area contributed by atoms with E-state index < -0.39 is 0 Å². The third-order valence-corrected chi connectivity index (χ3v) is 3.16. The number of hydrogen-bond acceptors (Lipinski definition) is 0. The minimum atomic E-state index is 0.788. The lowest BCUT2D eigenvalue weighted by Crippen LogP contribution is -1.97. The van der Waals surface area contributed by atoms with Crippen molar-refractivity contribution in [2.75, 3.05) is 0 Å². The van der Waals surface area contributed by atoms with Crippen LogP contribution in [0, 0.1) is 0 Å². The summed E-state index contributed by atoms with van der Waals surface area (Å²) in [5.74, 6) is 0. The average Bonchev–Trinajstić information content (AvgIpc) is 2.06. The molecule has 0 fully saturated rings. The molecule has 0 bridgehead atoms. The standard InChI is InChI=1S/C11H23Br/c1-3-5-7-9-11(12)10-8-6-4-2/h11H,3-10H2,1-2H3. The summed E-state index contributed by atoms with van der Waals surface area (Å²) >= 11 is 3.74. The van der Waals surface area contributed by atoms with E-state index in [1.807, 2.05) is 0 Å². The zero-order chi connectivity index (χ0) is 9.23. The van der Waals surface area contributed by atoms with Crippen LogP contribution in [-0.4, -0.2) is 4.83 Å². The van der Waals surface area contributed by atoms with Gasteiger partial charge in [-0.1, -0.05) is 68.3 Å². The van der Waals surface area contributed by atoms with Crippen LogP contribution in [0.2, 0.25) is 0 Å². The summed E-state index contributed by atoms with van der Waals surface area (Å²) in [6, 6.07) is 0. The Hall–Kier alpha value is 0.480. The van der Waals surface area contributed by atoms with Crippen LogP contribution >= 0.6 is 15.9 Å². The molecule has 0 heterocycles. The summed E-state index contributed by atoms with van der Waals surface area (Å²) in [4.78, 5) is 0.788. The maximum Gasteiger partial charge on any atom is 0.0145 e. The molecule has 1 heteroatoms. The Morgan fingerprint density at radius 2 is 1.25 bits per heavy atom. The largest absolute Gasteiger partial charge is 0.0891 e. The van der Waals surface area contributed by atoms with Gasteiger partial charge in [-0.2, -0.15) is 0 Å². The van der Waals surface area contributed by atoms with Crippen LogP contribution in [0.15, 0.2) is 0 Å². The first-order valence-electron chi connectivity index (χ1n) is 5.45. The van der Waals surface area contributed by atoms with Crippen LogP contribution in [0.5, 0.6) is 0 Å². The van der Waals surface area contributed by atoms with Crippen molar-refractivity contribution >= 4 is 15.9 Å². The number of alkyl halides is 1. The zero-order valence-electron chi connectivity index (χ0n) is 8.61. The predicted octanol–water partition coefficient (Wildman–Crippen LogP) is 4.91. The summed E-state index contributed by atoms with van der Waals surface area (Å²) in [5.41, 5.74) is 0. The fourth-order valence-electron chi connectivity index (χ4n) is 1.38. The molecule has 0 radical (unpaired) electrons. The highest BCUT2D eigenvalue weighted by atomic mass is 79.9. The third-order valence-electron chi connectivity index (χ3n) is 2.24. The molecule has 0 rings (SSSR count). The lowest BCUT2D eigenvalue weighted by atomic mass is 10.1. The molecule has 0 unspecified atom stereocenters. The minimum absolute atomic E-state index is 0.788. The molecule has 74 valence electrons. The van der Waals surface area contributed by atoms with Crippen molar-refractivity contribution < 1.29 is 0 Å². The van der Waals surface area contributed by atoms with E-state index in [1.165, 1.54) is 51.4 Å². The van der Waals surface area contributed by atoms with Crippen molar-refractivity contribution in [1.29, 1.82) is 0 Å². The highest BCUT2D eigenvalue weighted by Gasteiger charge is 2.02. The monoisotopic (exact) mass is 234 g/mol. The van der Waals surface area contributed by atoms with Gasteiger partial charge >= 0.3 is 0 Å². The van der Waals surface area contributed by atoms with E-state index in [4.69, 9.17) is 0 Å². The van der Waals surface area contributed by atoms with E-state index in [9.17, 15) is 0 Å². The Labute approximate surface area is 86.3 Å². The highest BCUT2D eigenvalue weighted by Crippen LogP contribution is 2.17. The maximum absolute atomic E-state index is 3.74. The zero-order valence-corrected chi connectivity index (χ0v) is 10.2. The van der Waals surface area contributed by atoms with Gasteiger partial charge in [0.2, 0.25) is 0 Å². The Morgan fingerprint density at radius 3 is 1.58 bits per heavy atom. The van der Waals surface area contributed by atoms with Gasteiger partial charge in [0, 0.05) is 4.83 Å². The molecule has 0 aliphatic rings. The van der Waals surface area contributed by atoms with E-state index in [1.54, 1.807) is 0 Å². The van der Waals surface area contributed by atoms with Gasteiger partial charge in [0.15, 0.2) is 0 Å². The molecule has 0 atom stereocenters. The van der Waals surface area contributed by atoms with Gasteiger partial charge in [0.1, 0.15) is 0 Å². The first-order valence-corrected chi connectivity index (χ1v) is 6.36. The lowest BCUT2D eigenvalue weighted by molar-refractivity contribution is 0.589. The predicted molar refractivity (Wildman–Crippen MR) is 61.0 cm³/mol. The normalized spacial score (nSPS) is 11.0. The summed E-state index contributed by atoms with van der Waals surface area (Å²) in [6.07, 6.45) is 11.0. The Kier molecular flexibility index (Phi) is 9.95. The first kappa shape index (κ1) is 12.5. The fourth-order valence-corrected chi connectivity index (χ4v) is 2.02. The molecule has 0 aromatic carbocycles. The molecule has 0 saturated carbocycles. The molecule has 0 aliphatic carbocycles. The third kappa shape index (κ3) is 8.58. The van der Waals surface area contributed by atoms with Crippen molar-refractivity contribution in [1.82, 2.24) is 0 Å². The van der Waals surface area contributed by atoms with Crippen LogP contribution in [0.3, 0.4) is 0 Å². The van der Waals surface area contributed by atoms with E-state index in [-0.39, 0.29) is 0 Å². The topological polar surface area (TPSA) is 0 Å². The van der Waals surface area contributed by atoms with Crippen molar-refractivity contribution in [3.8, 4) is 0 Å². The van der Waals surface area contributed by atoms with Gasteiger partial charge in [-0.05, 0) is 12.8 Å². The lowest BCUT2D eigenvalue weighted by Gasteiger charge is -2.07. The molecule has 0 N–H and O–H groups in total. The van der Waals surface area contributed by atoms with E-state index in [0.29, 0.717) is 0 Å².